The number of nitrogens with zero attached hydrogens (tertiary/aromatic N) is 2. The second-order valence-electron chi connectivity index (χ2n) is 18.4. The van der Waals surface area contributed by atoms with Gasteiger partial charge in [-0.25, -0.2) is 0 Å². The van der Waals surface area contributed by atoms with E-state index in [2.05, 4.69) is 30.3 Å². The maximum atomic E-state index is 13.9. The summed E-state index contributed by atoms with van der Waals surface area (Å²) in [7, 11) is 0. The minimum Gasteiger partial charge on any atom is -0.309 e. The molecule has 0 aliphatic carbocycles. The van der Waals surface area contributed by atoms with Crippen molar-refractivity contribution in [3.63, 3.8) is 0 Å². The predicted octanol–water partition coefficient (Wildman–Crippen LogP) is 20.2. The van der Waals surface area contributed by atoms with Gasteiger partial charge in [0.05, 0.1) is 28.1 Å². The molecule has 11 aromatic rings. The van der Waals surface area contributed by atoms with Crippen LogP contribution < -0.4 is 9.80 Å². The molecule has 0 aromatic heterocycles. The first-order valence-electron chi connectivity index (χ1n) is 23.6. The van der Waals surface area contributed by atoms with E-state index in [0.29, 0.717) is 33.5 Å². The van der Waals surface area contributed by atoms with Crippen LogP contribution in [0.3, 0.4) is 0 Å². The van der Waals surface area contributed by atoms with Crippen LogP contribution in [0.2, 0.25) is 0 Å². The van der Waals surface area contributed by atoms with Crippen molar-refractivity contribution in [1.29, 1.82) is 0 Å². The molecule has 0 saturated heterocycles. The molecule has 2 nitrogen and oxygen atoms in total. The molecule has 0 aliphatic rings. The van der Waals surface area contributed by atoms with Crippen molar-refractivity contribution < 1.29 is 39.5 Å². The van der Waals surface area contributed by atoms with E-state index in [9.17, 15) is 39.5 Å². The summed E-state index contributed by atoms with van der Waals surface area (Å²) in [4.78, 5) is 3.72. The fourth-order valence-electron chi connectivity index (χ4n) is 10.3. The number of hydrogen-bond donors (Lipinski definition) is 0. The number of hydrogen-bond acceptors (Lipinski definition) is 2. The van der Waals surface area contributed by atoms with Crippen molar-refractivity contribution in [2.45, 2.75) is 32.4 Å². The number of aryl methyl sites for hydroxylation is 2. The van der Waals surface area contributed by atoms with Gasteiger partial charge in [-0.1, -0.05) is 127 Å². The smallest absolute Gasteiger partial charge is 0.309 e. The molecule has 0 atom stereocenters. The van der Waals surface area contributed by atoms with Crippen molar-refractivity contribution in [2.75, 3.05) is 9.80 Å². The molecule has 0 amide bonds. The summed E-state index contributed by atoms with van der Waals surface area (Å²) in [5.41, 5.74) is 6.28. The van der Waals surface area contributed by atoms with E-state index in [1.165, 1.54) is 36.4 Å². The minimum absolute atomic E-state index is 0.306. The van der Waals surface area contributed by atoms with Crippen LogP contribution in [0.15, 0.2) is 212 Å². The summed E-state index contributed by atoms with van der Waals surface area (Å²) in [6.07, 6.45) is -13.8. The van der Waals surface area contributed by atoms with Crippen LogP contribution in [-0.2, 0) is 18.5 Å². The zero-order valence-electron chi connectivity index (χ0n) is 39.5. The maximum absolute atomic E-state index is 13.9. The molecule has 0 radical (unpaired) electrons. The standard InChI is InChI=1S/C63H41F9N2/c1-38-19-27-45(28-20-38)73(46-29-21-42(22-30-46)61(64,65)66)59-53-15-7-3-11-49(53)57(50-12-4-8-16-54(50)59)40-35-39(2)36-41(37-40)58-51-13-5-9-17-55(51)60(56-18-10-6-14-52(56)58)74(47-31-23-43(24-32-47)62(67,68)69)48-33-25-44(26-34-48)63(70,71)72/h3-37H,1-2H3. The predicted molar refractivity (Wildman–Crippen MR) is 281 cm³/mol. The van der Waals surface area contributed by atoms with E-state index in [1.54, 1.807) is 4.90 Å². The van der Waals surface area contributed by atoms with Crippen LogP contribution in [-0.4, -0.2) is 0 Å². The molecule has 0 aliphatic heterocycles. The molecular weight excluding hydrogens is 956 g/mol. The first-order chi connectivity index (χ1) is 35.4. The number of rotatable bonds is 8. The average molecular weight is 997 g/mol. The lowest BCUT2D eigenvalue weighted by molar-refractivity contribution is -0.138. The van der Waals surface area contributed by atoms with Gasteiger partial charge in [0.15, 0.2) is 0 Å². The SMILES string of the molecule is Cc1ccc(N(c2ccc(C(F)(F)F)cc2)c2c3ccccc3c(-c3cc(C)cc(-c4c5ccccc5c(N(c5ccc(C(F)(F)F)cc5)c5ccc(C(F)(F)F)cc5)c5ccccc45)c3)c3ccccc23)cc1. The topological polar surface area (TPSA) is 6.48 Å². The Morgan fingerprint density at radius 3 is 0.770 bits per heavy atom. The Kier molecular flexibility index (Phi) is 11.7. The second kappa shape index (κ2) is 18.2. The highest BCUT2D eigenvalue weighted by molar-refractivity contribution is 6.24. The molecule has 0 N–H and O–H groups in total. The molecule has 366 valence electrons. The summed E-state index contributed by atoms with van der Waals surface area (Å²) >= 11 is 0. The Morgan fingerprint density at radius 1 is 0.270 bits per heavy atom. The Labute approximate surface area is 419 Å². The largest absolute Gasteiger partial charge is 0.416 e. The van der Waals surface area contributed by atoms with E-state index < -0.39 is 35.2 Å². The molecule has 74 heavy (non-hydrogen) atoms. The van der Waals surface area contributed by atoms with Gasteiger partial charge in [-0.05, 0) is 154 Å². The van der Waals surface area contributed by atoms with Gasteiger partial charge in [-0.3, -0.25) is 0 Å². The lowest BCUT2D eigenvalue weighted by atomic mass is 9.85. The molecule has 0 bridgehead atoms. The van der Waals surface area contributed by atoms with Crippen molar-refractivity contribution in [3.05, 3.63) is 240 Å². The van der Waals surface area contributed by atoms with Gasteiger partial charge >= 0.3 is 18.5 Å². The van der Waals surface area contributed by atoms with Crippen LogP contribution in [0.25, 0.3) is 65.3 Å². The third-order valence-corrected chi connectivity index (χ3v) is 13.6. The molecule has 11 heteroatoms. The number of alkyl halides is 9. The molecule has 0 saturated carbocycles. The maximum Gasteiger partial charge on any atom is 0.416 e. The second-order valence-corrected chi connectivity index (χ2v) is 18.4. The van der Waals surface area contributed by atoms with Gasteiger partial charge in [-0.2, -0.15) is 39.5 Å². The monoisotopic (exact) mass is 996 g/mol. The lowest BCUT2D eigenvalue weighted by Gasteiger charge is -2.30. The highest BCUT2D eigenvalue weighted by Gasteiger charge is 2.34. The zero-order valence-corrected chi connectivity index (χ0v) is 39.5. The summed E-state index contributed by atoms with van der Waals surface area (Å²) in [5, 5.41) is 6.49. The van der Waals surface area contributed by atoms with Gasteiger partial charge in [0.2, 0.25) is 0 Å². The summed E-state index contributed by atoms with van der Waals surface area (Å²) in [5.74, 6) is 0. The fraction of sp³-hybridized carbons (Fsp3) is 0.0794. The van der Waals surface area contributed by atoms with Crippen LogP contribution in [0, 0.1) is 13.8 Å². The molecule has 0 spiro atoms. The minimum atomic E-state index is -4.62. The van der Waals surface area contributed by atoms with E-state index >= 15 is 0 Å². The third-order valence-electron chi connectivity index (χ3n) is 13.6. The van der Waals surface area contributed by atoms with Gasteiger partial charge in [-0.15, -0.1) is 0 Å². The zero-order chi connectivity index (χ0) is 51.7. The average Bonchev–Trinajstić information content (AvgIpc) is 3.38. The van der Waals surface area contributed by atoms with Gasteiger partial charge in [0, 0.05) is 44.3 Å². The number of anilines is 6. The van der Waals surface area contributed by atoms with Crippen molar-refractivity contribution in [1.82, 2.24) is 0 Å². The summed E-state index contributed by atoms with van der Waals surface area (Å²) < 4.78 is 125. The normalized spacial score (nSPS) is 12.3. The van der Waals surface area contributed by atoms with E-state index in [4.69, 9.17) is 0 Å². The summed E-state index contributed by atoms with van der Waals surface area (Å²) in [6.45, 7) is 3.99. The number of halogens is 9. The molecule has 11 aromatic carbocycles. The van der Waals surface area contributed by atoms with Gasteiger partial charge < -0.3 is 9.80 Å². The van der Waals surface area contributed by atoms with Crippen LogP contribution in [0.1, 0.15) is 27.8 Å². The highest BCUT2D eigenvalue weighted by Crippen LogP contribution is 2.52. The molecule has 0 fully saturated rings. The van der Waals surface area contributed by atoms with Crippen LogP contribution >= 0.6 is 0 Å². The Morgan fingerprint density at radius 2 is 0.514 bits per heavy atom. The van der Waals surface area contributed by atoms with E-state index in [0.717, 1.165) is 113 Å². The van der Waals surface area contributed by atoms with Crippen LogP contribution in [0.5, 0.6) is 0 Å². The van der Waals surface area contributed by atoms with Crippen LogP contribution in [0.4, 0.5) is 73.6 Å². The number of fused-ring (bicyclic) bond motifs is 4. The fourth-order valence-corrected chi connectivity index (χ4v) is 10.3. The quantitative estimate of drug-likeness (QED) is 0.111. The Bertz CT molecular complexity index is 3740. The highest BCUT2D eigenvalue weighted by atomic mass is 19.4. The van der Waals surface area contributed by atoms with Crippen molar-refractivity contribution in [3.8, 4) is 22.3 Å². The Balaban J connectivity index is 1.15. The number of benzene rings is 11. The first kappa shape index (κ1) is 47.7. The molecule has 0 unspecified atom stereocenters. The molecule has 0 heterocycles. The summed E-state index contributed by atoms with van der Waals surface area (Å²) in [6, 6.07) is 59.9. The van der Waals surface area contributed by atoms with E-state index in [-0.39, 0.29) is 0 Å². The third kappa shape index (κ3) is 8.61. The van der Waals surface area contributed by atoms with Gasteiger partial charge in [0.1, 0.15) is 0 Å². The molecule has 11 rings (SSSR count). The lowest BCUT2D eigenvalue weighted by Crippen LogP contribution is -2.13. The first-order valence-corrected chi connectivity index (χ1v) is 23.6. The van der Waals surface area contributed by atoms with Crippen molar-refractivity contribution in [2.24, 2.45) is 0 Å². The van der Waals surface area contributed by atoms with Crippen molar-refractivity contribution >= 4 is 77.2 Å². The van der Waals surface area contributed by atoms with Gasteiger partial charge in [0.25, 0.3) is 0 Å². The van der Waals surface area contributed by atoms with E-state index in [1.807, 2.05) is 128 Å². The molecular formula is C63H41F9N2. The Hall–Kier alpha value is -8.57.